The first-order valence-electron chi connectivity index (χ1n) is 5.31. The van der Waals surface area contributed by atoms with Crippen molar-refractivity contribution >= 4 is 17.6 Å². The Morgan fingerprint density at radius 2 is 1.89 bits per heavy atom. The topological polar surface area (TPSA) is 70.3 Å². The van der Waals surface area contributed by atoms with Crippen LogP contribution in [0.4, 0.5) is 0 Å². The van der Waals surface area contributed by atoms with Crippen LogP contribution in [-0.2, 0) is 0 Å². The predicted molar refractivity (Wildman–Crippen MR) is 69.6 cm³/mol. The van der Waals surface area contributed by atoms with Gasteiger partial charge in [0, 0.05) is 5.02 Å². The fraction of sp³-hybridized carbons (Fsp3) is 0. The molecule has 94 valence electrons. The van der Waals surface area contributed by atoms with Crippen molar-refractivity contribution in [1.29, 1.82) is 5.26 Å². The van der Waals surface area contributed by atoms with Gasteiger partial charge in [-0.1, -0.05) is 11.6 Å². The van der Waals surface area contributed by atoms with Gasteiger partial charge in [0.2, 0.25) is 0 Å². The molecule has 2 aromatic rings. The molecular weight excluding hydrogens is 266 g/mol. The van der Waals surface area contributed by atoms with E-state index in [2.05, 4.69) is 0 Å². The summed E-state index contributed by atoms with van der Waals surface area (Å²) in [6, 6.07) is 12.6. The molecule has 5 heteroatoms. The van der Waals surface area contributed by atoms with Crippen molar-refractivity contribution in [3.63, 3.8) is 0 Å². The van der Waals surface area contributed by atoms with E-state index < -0.39 is 5.97 Å². The van der Waals surface area contributed by atoms with Gasteiger partial charge in [-0.05, 0) is 42.5 Å². The maximum Gasteiger partial charge on any atom is 0.335 e. The van der Waals surface area contributed by atoms with E-state index in [1.54, 1.807) is 12.1 Å². The third-order valence-electron chi connectivity index (χ3n) is 2.39. The number of rotatable bonds is 3. The Labute approximate surface area is 114 Å². The number of carbonyl (C=O) groups is 1. The van der Waals surface area contributed by atoms with Crippen molar-refractivity contribution in [2.24, 2.45) is 0 Å². The van der Waals surface area contributed by atoms with E-state index in [-0.39, 0.29) is 5.56 Å². The van der Waals surface area contributed by atoms with Gasteiger partial charge >= 0.3 is 5.97 Å². The molecule has 0 radical (unpaired) electrons. The summed E-state index contributed by atoms with van der Waals surface area (Å²) in [5.74, 6) is -0.186. The van der Waals surface area contributed by atoms with Gasteiger partial charge in [-0.3, -0.25) is 0 Å². The standard InChI is InChI=1S/C14H8ClNO3/c15-11-3-6-13(10(7-11)8-16)19-12-4-1-9(2-5-12)14(17)18/h1-7H,(H,17,18). The maximum absolute atomic E-state index is 10.7. The van der Waals surface area contributed by atoms with Crippen LogP contribution in [0, 0.1) is 11.3 Å². The van der Waals surface area contributed by atoms with Crippen LogP contribution in [0.15, 0.2) is 42.5 Å². The minimum absolute atomic E-state index is 0.170. The Hall–Kier alpha value is -2.51. The molecule has 0 aliphatic heterocycles. The van der Waals surface area contributed by atoms with Gasteiger partial charge < -0.3 is 9.84 Å². The monoisotopic (exact) mass is 273 g/mol. The van der Waals surface area contributed by atoms with E-state index in [1.807, 2.05) is 6.07 Å². The average Bonchev–Trinajstić information content (AvgIpc) is 2.41. The normalized spacial score (nSPS) is 9.68. The highest BCUT2D eigenvalue weighted by atomic mass is 35.5. The molecule has 4 nitrogen and oxygen atoms in total. The summed E-state index contributed by atoms with van der Waals surface area (Å²) in [7, 11) is 0. The van der Waals surface area contributed by atoms with Crippen LogP contribution in [0.1, 0.15) is 15.9 Å². The first-order valence-corrected chi connectivity index (χ1v) is 5.69. The fourth-order valence-electron chi connectivity index (χ4n) is 1.47. The van der Waals surface area contributed by atoms with Crippen molar-refractivity contribution < 1.29 is 14.6 Å². The number of hydrogen-bond acceptors (Lipinski definition) is 3. The molecule has 0 saturated carbocycles. The number of carboxylic acid groups (broad SMARTS) is 1. The molecule has 19 heavy (non-hydrogen) atoms. The van der Waals surface area contributed by atoms with E-state index >= 15 is 0 Å². The lowest BCUT2D eigenvalue weighted by Gasteiger charge is -2.07. The van der Waals surface area contributed by atoms with E-state index in [1.165, 1.54) is 30.3 Å². The van der Waals surface area contributed by atoms with E-state index in [4.69, 9.17) is 26.7 Å². The molecule has 0 atom stereocenters. The van der Waals surface area contributed by atoms with Crippen LogP contribution in [0.5, 0.6) is 11.5 Å². The van der Waals surface area contributed by atoms with Crippen LogP contribution < -0.4 is 4.74 Å². The highest BCUT2D eigenvalue weighted by molar-refractivity contribution is 6.30. The summed E-state index contributed by atoms with van der Waals surface area (Å²) in [6.45, 7) is 0. The summed E-state index contributed by atoms with van der Waals surface area (Å²) in [6.07, 6.45) is 0. The average molecular weight is 274 g/mol. The molecule has 0 fully saturated rings. The van der Waals surface area contributed by atoms with E-state index in [9.17, 15) is 4.79 Å². The van der Waals surface area contributed by atoms with Crippen LogP contribution in [0.3, 0.4) is 0 Å². The Morgan fingerprint density at radius 1 is 1.21 bits per heavy atom. The fourth-order valence-corrected chi connectivity index (χ4v) is 1.64. The molecule has 0 spiro atoms. The first kappa shape index (κ1) is 12.9. The lowest BCUT2D eigenvalue weighted by Crippen LogP contribution is -1.95. The zero-order valence-electron chi connectivity index (χ0n) is 9.63. The first-order chi connectivity index (χ1) is 9.10. The number of hydrogen-bond donors (Lipinski definition) is 1. The molecule has 0 heterocycles. The summed E-state index contributed by atoms with van der Waals surface area (Å²) in [5, 5.41) is 18.2. The molecule has 0 unspecified atom stereocenters. The smallest absolute Gasteiger partial charge is 0.335 e. The molecule has 0 saturated heterocycles. The number of benzene rings is 2. The highest BCUT2D eigenvalue weighted by Gasteiger charge is 2.07. The summed E-state index contributed by atoms with van der Waals surface area (Å²) in [5.41, 5.74) is 0.485. The largest absolute Gasteiger partial charge is 0.478 e. The van der Waals surface area contributed by atoms with Crippen molar-refractivity contribution in [2.45, 2.75) is 0 Å². The second-order valence-corrected chi connectivity index (χ2v) is 4.12. The number of carboxylic acids is 1. The van der Waals surface area contributed by atoms with Gasteiger partial charge in [-0.25, -0.2) is 4.79 Å². The Balaban J connectivity index is 2.26. The van der Waals surface area contributed by atoms with Crippen molar-refractivity contribution in [3.05, 3.63) is 58.6 Å². The zero-order chi connectivity index (χ0) is 13.8. The molecule has 0 bridgehead atoms. The number of halogens is 1. The van der Waals surface area contributed by atoms with Gasteiger partial charge in [-0.15, -0.1) is 0 Å². The summed E-state index contributed by atoms with van der Waals surface area (Å²) in [4.78, 5) is 10.7. The predicted octanol–water partition coefficient (Wildman–Crippen LogP) is 3.70. The number of aromatic carboxylic acids is 1. The molecule has 0 aliphatic rings. The third kappa shape index (κ3) is 3.03. The highest BCUT2D eigenvalue weighted by Crippen LogP contribution is 2.27. The second kappa shape index (κ2) is 5.42. The van der Waals surface area contributed by atoms with Crippen molar-refractivity contribution in [2.75, 3.05) is 0 Å². The third-order valence-corrected chi connectivity index (χ3v) is 2.63. The maximum atomic E-state index is 10.7. The second-order valence-electron chi connectivity index (χ2n) is 3.68. The zero-order valence-corrected chi connectivity index (χ0v) is 10.4. The van der Waals surface area contributed by atoms with Crippen LogP contribution >= 0.6 is 11.6 Å². The number of nitrogens with zero attached hydrogens (tertiary/aromatic N) is 1. The SMILES string of the molecule is N#Cc1cc(Cl)ccc1Oc1ccc(C(=O)O)cc1. The van der Waals surface area contributed by atoms with Crippen LogP contribution in [0.2, 0.25) is 5.02 Å². The van der Waals surface area contributed by atoms with Crippen molar-refractivity contribution in [3.8, 4) is 17.6 Å². The summed E-state index contributed by atoms with van der Waals surface area (Å²) < 4.78 is 5.52. The Morgan fingerprint density at radius 3 is 2.47 bits per heavy atom. The molecule has 0 aliphatic carbocycles. The summed E-state index contributed by atoms with van der Waals surface area (Å²) >= 11 is 5.78. The lowest BCUT2D eigenvalue weighted by atomic mass is 10.2. The molecule has 0 amide bonds. The van der Waals surface area contributed by atoms with Gasteiger partial charge in [-0.2, -0.15) is 5.26 Å². The van der Waals surface area contributed by atoms with Crippen molar-refractivity contribution in [1.82, 2.24) is 0 Å². The van der Waals surface area contributed by atoms with Gasteiger partial charge in [0.15, 0.2) is 0 Å². The quantitative estimate of drug-likeness (QED) is 0.925. The van der Waals surface area contributed by atoms with Crippen LogP contribution in [0.25, 0.3) is 0 Å². The molecule has 1 N–H and O–H groups in total. The molecule has 2 aromatic carbocycles. The molecule has 2 rings (SSSR count). The van der Waals surface area contributed by atoms with Gasteiger partial charge in [0.25, 0.3) is 0 Å². The van der Waals surface area contributed by atoms with Gasteiger partial charge in [0.1, 0.15) is 17.6 Å². The van der Waals surface area contributed by atoms with Crippen LogP contribution in [-0.4, -0.2) is 11.1 Å². The lowest BCUT2D eigenvalue weighted by molar-refractivity contribution is 0.0697. The minimum atomic E-state index is -1.00. The van der Waals surface area contributed by atoms with E-state index in [0.717, 1.165) is 0 Å². The molecule has 0 aromatic heterocycles. The Bertz CT molecular complexity index is 659. The Kier molecular flexibility index (Phi) is 3.69. The van der Waals surface area contributed by atoms with Gasteiger partial charge in [0.05, 0.1) is 11.1 Å². The minimum Gasteiger partial charge on any atom is -0.478 e. The molecular formula is C14H8ClNO3. The number of ether oxygens (including phenoxy) is 1. The van der Waals surface area contributed by atoms with E-state index in [0.29, 0.717) is 22.1 Å². The number of nitriles is 1.